The van der Waals surface area contributed by atoms with Crippen LogP contribution in [0.4, 0.5) is 17.1 Å². The number of para-hydroxylation sites is 3. The number of phosphoric acid groups is 1. The predicted octanol–water partition coefficient (Wildman–Crippen LogP) is 2.26. The summed E-state index contributed by atoms with van der Waals surface area (Å²) in [5.41, 5.74) is -2.19. The highest BCUT2D eigenvalue weighted by Crippen LogP contribution is 2.53. The normalized spacial score (nSPS) is 10.1. The van der Waals surface area contributed by atoms with Crippen molar-refractivity contribution >= 4 is 24.9 Å². The molecule has 200 valence electrons. The second-order valence-corrected chi connectivity index (χ2v) is 8.83. The minimum absolute atomic E-state index is 0.185. The lowest BCUT2D eigenvalue weighted by atomic mass is 10.1. The molecule has 0 bridgehead atoms. The van der Waals surface area contributed by atoms with Crippen LogP contribution in [0.2, 0.25) is 0 Å². The van der Waals surface area contributed by atoms with Crippen molar-refractivity contribution in [3.8, 4) is 36.4 Å². The average Bonchev–Trinajstić information content (AvgIpc) is 2.98. The van der Waals surface area contributed by atoms with E-state index in [1.807, 2.05) is 0 Å². The van der Waals surface area contributed by atoms with E-state index in [0.29, 0.717) is 0 Å². The largest absolute Gasteiger partial charge is 0.543 e. The van der Waals surface area contributed by atoms with Gasteiger partial charge in [0.2, 0.25) is 0 Å². The summed E-state index contributed by atoms with van der Waals surface area (Å²) in [5.74, 6) is 17.8. The molecular formula is C24H15N12O4P. The third-order valence-corrected chi connectivity index (χ3v) is 6.18. The lowest BCUT2D eigenvalue weighted by Crippen LogP contribution is -2.39. The molecule has 3 aromatic rings. The second kappa shape index (κ2) is 12.7. The van der Waals surface area contributed by atoms with Gasteiger partial charge in [-0.15, -0.1) is 13.9 Å². The molecule has 0 radical (unpaired) electrons. The molecule has 6 N–H and O–H groups in total. The standard InChI is InChI=1S/C24H15N12O4P/c25-10-16-4-1-5-17(11-26)22(16)34(31)38-41(37,39-35(32)23-18(12-27)6-2-7-19(23)13-28)40-36(33)24-20(14-29)8-3-9-21(24)15-30/h1-9H,31-33H2. The molecule has 0 spiro atoms. The third kappa shape index (κ3) is 6.19. The summed E-state index contributed by atoms with van der Waals surface area (Å²) in [6.07, 6.45) is 0. The zero-order valence-corrected chi connectivity index (χ0v) is 21.4. The van der Waals surface area contributed by atoms with Crippen LogP contribution in [0.25, 0.3) is 0 Å². The van der Waals surface area contributed by atoms with Crippen LogP contribution >= 0.6 is 7.82 Å². The minimum Gasteiger partial charge on any atom is -0.222 e. The maximum atomic E-state index is 14.0. The van der Waals surface area contributed by atoms with Gasteiger partial charge in [-0.25, -0.2) is 22.1 Å². The van der Waals surface area contributed by atoms with Gasteiger partial charge >= 0.3 is 7.82 Å². The summed E-state index contributed by atoms with van der Waals surface area (Å²) in [6, 6.07) is 22.6. The van der Waals surface area contributed by atoms with Crippen LogP contribution in [0.3, 0.4) is 0 Å². The molecule has 17 heteroatoms. The molecule has 0 aromatic heterocycles. The Morgan fingerprint density at radius 2 is 0.683 bits per heavy atom. The van der Waals surface area contributed by atoms with Crippen LogP contribution < -0.4 is 33.0 Å². The summed E-state index contributed by atoms with van der Waals surface area (Å²) in [5, 5.41) is 57.7. The fourth-order valence-corrected chi connectivity index (χ4v) is 4.36. The Labute approximate surface area is 232 Å². The van der Waals surface area contributed by atoms with Gasteiger partial charge in [-0.2, -0.15) is 47.1 Å². The summed E-state index contributed by atoms with van der Waals surface area (Å²) >= 11 is 0. The Bertz CT molecular complexity index is 1500. The van der Waals surface area contributed by atoms with Crippen LogP contribution in [0.5, 0.6) is 0 Å². The lowest BCUT2D eigenvalue weighted by molar-refractivity contribution is 0.0858. The Morgan fingerprint density at radius 1 is 0.488 bits per heavy atom. The third-order valence-electron chi connectivity index (χ3n) is 5.06. The van der Waals surface area contributed by atoms with Gasteiger partial charge in [-0.1, -0.05) is 18.2 Å². The number of hydrogen-bond acceptors (Lipinski definition) is 16. The first kappa shape index (κ1) is 29.5. The van der Waals surface area contributed by atoms with Crippen molar-refractivity contribution in [1.29, 1.82) is 31.6 Å². The molecule has 0 heterocycles. The number of nitrogens with zero attached hydrogens (tertiary/aromatic N) is 9. The van der Waals surface area contributed by atoms with E-state index in [0.717, 1.165) is 0 Å². The van der Waals surface area contributed by atoms with Gasteiger partial charge in [-0.05, 0) is 36.4 Å². The summed E-state index contributed by atoms with van der Waals surface area (Å²) in [7, 11) is -5.32. The Balaban J connectivity index is 2.14. The second-order valence-electron chi connectivity index (χ2n) is 7.45. The molecule has 0 fully saturated rings. The number of hydrogen-bond donors (Lipinski definition) is 3. The Morgan fingerprint density at radius 3 is 0.854 bits per heavy atom. The zero-order chi connectivity index (χ0) is 30.2. The minimum atomic E-state index is -5.32. The first-order valence-electron chi connectivity index (χ1n) is 10.8. The van der Waals surface area contributed by atoms with Crippen molar-refractivity contribution in [2.24, 2.45) is 17.5 Å². The topological polar surface area (TPSA) is 275 Å². The molecule has 0 aliphatic heterocycles. The average molecular weight is 566 g/mol. The van der Waals surface area contributed by atoms with Crippen LogP contribution in [-0.4, -0.2) is 0 Å². The van der Waals surface area contributed by atoms with E-state index in [2.05, 4.69) is 0 Å². The molecule has 0 saturated heterocycles. The predicted molar refractivity (Wildman–Crippen MR) is 138 cm³/mol. The van der Waals surface area contributed by atoms with Crippen molar-refractivity contribution in [2.75, 3.05) is 15.5 Å². The van der Waals surface area contributed by atoms with E-state index < -0.39 is 7.82 Å². The van der Waals surface area contributed by atoms with Crippen molar-refractivity contribution in [3.63, 3.8) is 0 Å². The molecule has 0 saturated carbocycles. The quantitative estimate of drug-likeness (QED) is 0.190. The van der Waals surface area contributed by atoms with E-state index in [1.54, 1.807) is 36.4 Å². The van der Waals surface area contributed by atoms with E-state index in [-0.39, 0.29) is 66.0 Å². The van der Waals surface area contributed by atoms with Crippen molar-refractivity contribution in [2.45, 2.75) is 0 Å². The van der Waals surface area contributed by atoms with Crippen molar-refractivity contribution < 1.29 is 18.4 Å². The number of rotatable bonds is 9. The molecule has 3 rings (SSSR count). The maximum Gasteiger partial charge on any atom is 0.543 e. The maximum absolute atomic E-state index is 14.0. The monoisotopic (exact) mass is 566 g/mol. The number of benzene rings is 3. The van der Waals surface area contributed by atoms with Gasteiger partial charge in [0.25, 0.3) is 0 Å². The molecule has 0 aliphatic rings. The van der Waals surface area contributed by atoms with Crippen LogP contribution in [-0.2, 0) is 18.4 Å². The summed E-state index contributed by atoms with van der Waals surface area (Å²) in [4.78, 5) is 0. The number of anilines is 3. The van der Waals surface area contributed by atoms with Crippen molar-refractivity contribution in [3.05, 3.63) is 88.0 Å². The molecule has 0 aliphatic carbocycles. The highest BCUT2D eigenvalue weighted by Gasteiger charge is 2.39. The van der Waals surface area contributed by atoms with Gasteiger partial charge in [0, 0.05) is 0 Å². The van der Waals surface area contributed by atoms with E-state index in [4.69, 9.17) is 31.4 Å². The first-order valence-corrected chi connectivity index (χ1v) is 12.3. The number of hydrazine groups is 3. The van der Waals surface area contributed by atoms with E-state index >= 15 is 0 Å². The number of nitriles is 6. The highest BCUT2D eigenvalue weighted by atomic mass is 31.2. The fourth-order valence-electron chi connectivity index (χ4n) is 3.37. The van der Waals surface area contributed by atoms with Gasteiger partial charge < -0.3 is 0 Å². The van der Waals surface area contributed by atoms with Crippen LogP contribution in [0, 0.1) is 68.0 Å². The Hall–Kier alpha value is -6.01. The molecule has 0 atom stereocenters. The fraction of sp³-hybridized carbons (Fsp3) is 0. The van der Waals surface area contributed by atoms with E-state index in [1.165, 1.54) is 54.6 Å². The van der Waals surface area contributed by atoms with Gasteiger partial charge in [0.1, 0.15) is 53.5 Å². The zero-order valence-electron chi connectivity index (χ0n) is 20.5. The molecule has 16 nitrogen and oxygen atoms in total. The van der Waals surface area contributed by atoms with Crippen molar-refractivity contribution in [1.82, 2.24) is 0 Å². The van der Waals surface area contributed by atoms with Crippen LogP contribution in [0.15, 0.2) is 54.6 Å². The van der Waals surface area contributed by atoms with Gasteiger partial charge in [0.05, 0.1) is 33.4 Å². The lowest BCUT2D eigenvalue weighted by Gasteiger charge is -2.30. The van der Waals surface area contributed by atoms with Gasteiger partial charge in [0.15, 0.2) is 0 Å². The summed E-state index contributed by atoms with van der Waals surface area (Å²) < 4.78 is 29.7. The smallest absolute Gasteiger partial charge is 0.222 e. The first-order chi connectivity index (χ1) is 19.7. The molecule has 41 heavy (non-hydrogen) atoms. The molecular weight excluding hydrogens is 551 g/mol. The number of nitrogens with two attached hydrogens (primary N) is 3. The SMILES string of the molecule is N#Cc1cccc(C#N)c1N(N)OP(=O)(ON(N)c1c(C#N)cccc1C#N)ON(N)c1c(C#N)cccc1C#N. The Kier molecular flexibility index (Phi) is 9.14. The van der Waals surface area contributed by atoms with E-state index in [9.17, 15) is 36.1 Å². The van der Waals surface area contributed by atoms with Gasteiger partial charge in [-0.3, -0.25) is 0 Å². The van der Waals surface area contributed by atoms with Crippen LogP contribution in [0.1, 0.15) is 33.4 Å². The molecule has 0 unspecified atom stereocenters. The highest BCUT2D eigenvalue weighted by molar-refractivity contribution is 7.48. The summed E-state index contributed by atoms with van der Waals surface area (Å²) in [6.45, 7) is 0. The molecule has 0 amide bonds. The molecule has 3 aromatic carbocycles.